The van der Waals surface area contributed by atoms with Crippen LogP contribution in [0.2, 0.25) is 0 Å². The lowest BCUT2D eigenvalue weighted by molar-refractivity contribution is -0.138. The molecule has 4 rings (SSSR count). The number of halogens is 8. The van der Waals surface area contributed by atoms with Crippen molar-refractivity contribution < 1.29 is 48.3 Å². The number of pyridine rings is 1. The van der Waals surface area contributed by atoms with Gasteiger partial charge in [-0.3, -0.25) is 4.79 Å². The molecule has 0 bridgehead atoms. The number of hydrogen-bond acceptors (Lipinski definition) is 4. The number of carbonyl (C=O) groups excluding carboxylic acids is 1. The number of nitrogens with zero attached hydrogens (tertiary/aromatic N) is 2. The topological polar surface area (TPSA) is 80.5 Å². The predicted octanol–water partition coefficient (Wildman–Crippen LogP) is 5.32. The van der Waals surface area contributed by atoms with Crippen LogP contribution in [0, 0.1) is 5.82 Å². The summed E-state index contributed by atoms with van der Waals surface area (Å²) in [7, 11) is -5.03. The number of sulfone groups is 1. The maximum Gasteiger partial charge on any atom is 0.417 e. The van der Waals surface area contributed by atoms with Gasteiger partial charge in [-0.25, -0.2) is 22.2 Å². The Morgan fingerprint density at radius 1 is 0.973 bits per heavy atom. The van der Waals surface area contributed by atoms with Crippen LogP contribution in [0.4, 0.5) is 35.1 Å². The van der Waals surface area contributed by atoms with Gasteiger partial charge >= 0.3 is 12.4 Å². The molecular formula is C22H17F8N3O3S. The Kier molecular flexibility index (Phi) is 6.49. The van der Waals surface area contributed by atoms with Gasteiger partial charge in [0.05, 0.1) is 16.0 Å². The maximum atomic E-state index is 15.5. The zero-order chi connectivity index (χ0) is 27.4. The fourth-order valence-corrected chi connectivity index (χ4v) is 5.83. The van der Waals surface area contributed by atoms with Gasteiger partial charge in [-0.15, -0.1) is 0 Å². The average molecular weight is 555 g/mol. The highest BCUT2D eigenvalue weighted by atomic mass is 32.2. The van der Waals surface area contributed by atoms with E-state index in [1.165, 1.54) is 0 Å². The molecule has 1 N–H and O–H groups in total. The van der Waals surface area contributed by atoms with Gasteiger partial charge in [0.1, 0.15) is 17.2 Å². The quantitative estimate of drug-likeness (QED) is 0.442. The van der Waals surface area contributed by atoms with E-state index in [9.17, 15) is 43.9 Å². The van der Waals surface area contributed by atoms with Crippen molar-refractivity contribution in [2.75, 3.05) is 0 Å². The minimum absolute atomic E-state index is 0.0592. The second-order valence-corrected chi connectivity index (χ2v) is 10.8. The van der Waals surface area contributed by atoms with Crippen LogP contribution >= 0.6 is 0 Å². The van der Waals surface area contributed by atoms with E-state index in [4.69, 9.17) is 0 Å². The van der Waals surface area contributed by atoms with E-state index in [0.29, 0.717) is 6.07 Å². The van der Waals surface area contributed by atoms with E-state index in [-0.39, 0.29) is 36.3 Å². The molecule has 0 radical (unpaired) electrons. The van der Waals surface area contributed by atoms with Crippen molar-refractivity contribution in [3.8, 4) is 0 Å². The molecule has 1 aliphatic rings. The van der Waals surface area contributed by atoms with Gasteiger partial charge < -0.3 is 9.72 Å². The average Bonchev–Trinajstić information content (AvgIpc) is 3.23. The molecule has 1 fully saturated rings. The van der Waals surface area contributed by atoms with Gasteiger partial charge in [0.25, 0.3) is 5.91 Å². The van der Waals surface area contributed by atoms with E-state index in [1.807, 2.05) is 0 Å². The van der Waals surface area contributed by atoms with Crippen LogP contribution in [0.1, 0.15) is 47.3 Å². The van der Waals surface area contributed by atoms with Gasteiger partial charge in [-0.1, -0.05) is 0 Å². The Morgan fingerprint density at radius 3 is 2.19 bits per heavy atom. The van der Waals surface area contributed by atoms with Crippen molar-refractivity contribution in [1.29, 1.82) is 0 Å². The molecule has 1 saturated carbocycles. The van der Waals surface area contributed by atoms with Crippen molar-refractivity contribution in [3.63, 3.8) is 0 Å². The standard InChI is InChI=1S/C22H17F8N3O3S/c23-14-7-13(22(28,29)30)8-16(9-14)37(35,36)20(24)5-3-15(4-6-20)31-19(34)17-11-33-10-12(21(25,26)27)1-2-18(33)32-17/h1-2,7-11,15H,3-6H2,(H,31,34)/t15-,20-. The third-order valence-electron chi connectivity index (χ3n) is 6.07. The number of hydrogen-bond donors (Lipinski definition) is 1. The molecule has 2 heterocycles. The van der Waals surface area contributed by atoms with E-state index >= 15 is 4.39 Å². The van der Waals surface area contributed by atoms with Crippen LogP contribution in [0.15, 0.2) is 47.6 Å². The summed E-state index contributed by atoms with van der Waals surface area (Å²) in [6.07, 6.45) is -9.70. The Morgan fingerprint density at radius 2 is 1.59 bits per heavy atom. The first kappa shape index (κ1) is 26.8. The highest BCUT2D eigenvalue weighted by Gasteiger charge is 2.48. The van der Waals surface area contributed by atoms with Crippen molar-refractivity contribution in [2.24, 2.45) is 0 Å². The van der Waals surface area contributed by atoms with Crippen LogP contribution in [0.25, 0.3) is 5.65 Å². The summed E-state index contributed by atoms with van der Waals surface area (Å²) in [6, 6.07) is 1.69. The molecular weight excluding hydrogens is 538 g/mol. The summed E-state index contributed by atoms with van der Waals surface area (Å²) in [6.45, 7) is 0. The van der Waals surface area contributed by atoms with Gasteiger partial charge in [0, 0.05) is 18.4 Å². The van der Waals surface area contributed by atoms with E-state index < -0.39 is 73.8 Å². The predicted molar refractivity (Wildman–Crippen MR) is 112 cm³/mol. The Labute approximate surface area is 204 Å². The molecule has 6 nitrogen and oxygen atoms in total. The molecule has 0 spiro atoms. The highest BCUT2D eigenvalue weighted by Crippen LogP contribution is 2.42. The Balaban J connectivity index is 1.47. The van der Waals surface area contributed by atoms with Crippen LogP contribution in [-0.4, -0.2) is 34.8 Å². The second-order valence-electron chi connectivity index (χ2n) is 8.61. The minimum Gasteiger partial charge on any atom is -0.348 e. The smallest absolute Gasteiger partial charge is 0.348 e. The first-order valence-electron chi connectivity index (χ1n) is 10.7. The molecule has 0 saturated heterocycles. The summed E-state index contributed by atoms with van der Waals surface area (Å²) in [5.41, 5.74) is -2.71. The first-order chi connectivity index (χ1) is 17.0. The fraction of sp³-hybridized carbons (Fsp3) is 0.364. The minimum atomic E-state index is -5.05. The summed E-state index contributed by atoms with van der Waals surface area (Å²) in [5, 5.41) is -0.497. The Hall–Kier alpha value is -3.23. The van der Waals surface area contributed by atoms with E-state index in [0.717, 1.165) is 28.9 Å². The van der Waals surface area contributed by atoms with Crippen molar-refractivity contribution in [1.82, 2.24) is 14.7 Å². The largest absolute Gasteiger partial charge is 0.417 e. The normalized spacial score (nSPS) is 21.2. The highest BCUT2D eigenvalue weighted by molar-refractivity contribution is 7.92. The number of carbonyl (C=O) groups is 1. The zero-order valence-corrected chi connectivity index (χ0v) is 19.3. The van der Waals surface area contributed by atoms with E-state index in [2.05, 4.69) is 10.3 Å². The van der Waals surface area contributed by atoms with Gasteiger partial charge in [0.15, 0.2) is 0 Å². The van der Waals surface area contributed by atoms with Crippen LogP contribution < -0.4 is 5.32 Å². The lowest BCUT2D eigenvalue weighted by Gasteiger charge is -2.33. The molecule has 37 heavy (non-hydrogen) atoms. The molecule has 15 heteroatoms. The third-order valence-corrected chi connectivity index (χ3v) is 8.30. The van der Waals surface area contributed by atoms with Crippen molar-refractivity contribution in [2.45, 2.75) is 54.0 Å². The molecule has 0 atom stereocenters. The van der Waals surface area contributed by atoms with E-state index in [1.54, 1.807) is 0 Å². The molecule has 1 amide bonds. The second kappa shape index (κ2) is 8.96. The Bertz CT molecular complexity index is 1460. The first-order valence-corrected chi connectivity index (χ1v) is 12.2. The summed E-state index contributed by atoms with van der Waals surface area (Å²) < 4.78 is 133. The SMILES string of the molecule is O=C(N[C@H]1CC[C@](F)(S(=O)(=O)c2cc(F)cc(C(F)(F)F)c2)CC1)c1cn2cc(C(F)(F)F)ccc2n1. The van der Waals surface area contributed by atoms with Gasteiger partial charge in [-0.05, 0) is 56.0 Å². The monoisotopic (exact) mass is 555 g/mol. The van der Waals surface area contributed by atoms with Gasteiger partial charge in [-0.2, -0.15) is 26.3 Å². The number of aromatic nitrogens is 2. The molecule has 2 aromatic heterocycles. The number of amides is 1. The summed E-state index contributed by atoms with van der Waals surface area (Å²) >= 11 is 0. The molecule has 1 aliphatic carbocycles. The lowest BCUT2D eigenvalue weighted by atomic mass is 9.93. The molecule has 1 aromatic carbocycles. The zero-order valence-electron chi connectivity index (χ0n) is 18.5. The van der Waals surface area contributed by atoms with Crippen LogP contribution in [0.3, 0.4) is 0 Å². The number of rotatable bonds is 4. The number of benzene rings is 1. The third kappa shape index (κ3) is 5.26. The summed E-state index contributed by atoms with van der Waals surface area (Å²) in [4.78, 5) is 15.3. The summed E-state index contributed by atoms with van der Waals surface area (Å²) in [5.74, 6) is -2.29. The van der Waals surface area contributed by atoms with Crippen molar-refractivity contribution in [3.05, 3.63) is 65.4 Å². The van der Waals surface area contributed by atoms with Crippen molar-refractivity contribution >= 4 is 21.4 Å². The molecule has 200 valence electrons. The number of alkyl halides is 7. The van der Waals surface area contributed by atoms with Gasteiger partial charge in [0.2, 0.25) is 14.8 Å². The molecule has 0 aliphatic heterocycles. The van der Waals surface area contributed by atoms with Crippen LogP contribution in [-0.2, 0) is 22.2 Å². The number of fused-ring (bicyclic) bond motifs is 1. The maximum absolute atomic E-state index is 15.5. The molecule has 0 unspecified atom stereocenters. The molecule has 3 aromatic rings. The fourth-order valence-electron chi connectivity index (χ4n) is 4.08. The number of nitrogens with one attached hydrogen (secondary N) is 1. The van der Waals surface area contributed by atoms with Crippen LogP contribution in [0.5, 0.6) is 0 Å². The lowest BCUT2D eigenvalue weighted by Crippen LogP contribution is -2.45. The number of imidazole rings is 1.